The topological polar surface area (TPSA) is 156 Å². The molecule has 0 fully saturated rings. The smallest absolute Gasteiger partial charge is 0.240 e. The Labute approximate surface area is 109 Å². The lowest BCUT2D eigenvalue weighted by atomic mass is 10.0. The van der Waals surface area contributed by atoms with E-state index in [1.165, 1.54) is 6.92 Å². The van der Waals surface area contributed by atoms with E-state index in [0.29, 0.717) is 0 Å². The molecule has 0 aromatic carbocycles. The van der Waals surface area contributed by atoms with Gasteiger partial charge in [-0.25, -0.2) is 0 Å². The van der Waals surface area contributed by atoms with E-state index in [1.54, 1.807) is 0 Å². The number of carbonyl (C=O) groups excluding carboxylic acids is 3. The van der Waals surface area contributed by atoms with Crippen LogP contribution in [0.1, 0.15) is 6.92 Å². The molecular formula is C10H18N2O7. The largest absolute Gasteiger partial charge is 0.394 e. The van der Waals surface area contributed by atoms with Crippen molar-refractivity contribution >= 4 is 18.1 Å². The van der Waals surface area contributed by atoms with Crippen molar-refractivity contribution in [2.45, 2.75) is 31.3 Å². The molecule has 0 aromatic rings. The van der Waals surface area contributed by atoms with Crippen LogP contribution in [-0.2, 0) is 14.4 Å². The average Bonchev–Trinajstić information content (AvgIpc) is 2.39. The maximum Gasteiger partial charge on any atom is 0.240 e. The van der Waals surface area contributed by atoms with Crippen LogP contribution < -0.4 is 10.6 Å². The van der Waals surface area contributed by atoms with Crippen LogP contribution in [0.3, 0.4) is 0 Å². The van der Waals surface area contributed by atoms with Gasteiger partial charge in [0.25, 0.3) is 0 Å². The molecule has 2 amide bonds. The summed E-state index contributed by atoms with van der Waals surface area (Å²) in [5, 5.41) is 40.9. The molecule has 0 bridgehead atoms. The van der Waals surface area contributed by atoms with Crippen molar-refractivity contribution in [2.24, 2.45) is 0 Å². The highest BCUT2D eigenvalue weighted by atomic mass is 16.4. The molecule has 0 aliphatic rings. The molecule has 4 atom stereocenters. The second-order valence-corrected chi connectivity index (χ2v) is 3.87. The molecule has 9 heteroatoms. The zero-order valence-electron chi connectivity index (χ0n) is 10.3. The highest BCUT2D eigenvalue weighted by Crippen LogP contribution is 2.03. The molecule has 0 saturated carbocycles. The van der Waals surface area contributed by atoms with Gasteiger partial charge in [0.1, 0.15) is 30.6 Å². The normalized spacial score (nSPS) is 16.9. The Morgan fingerprint density at radius 1 is 1.21 bits per heavy atom. The van der Waals surface area contributed by atoms with Crippen LogP contribution in [0.4, 0.5) is 0 Å². The van der Waals surface area contributed by atoms with Crippen molar-refractivity contribution in [2.75, 3.05) is 13.2 Å². The lowest BCUT2D eigenvalue weighted by Gasteiger charge is -2.26. The Kier molecular flexibility index (Phi) is 7.84. The zero-order chi connectivity index (χ0) is 15.0. The molecule has 0 spiro atoms. The molecule has 0 aliphatic heterocycles. The fraction of sp³-hybridized carbons (Fsp3) is 0.700. The van der Waals surface area contributed by atoms with Crippen LogP contribution in [0.5, 0.6) is 0 Å². The highest BCUT2D eigenvalue weighted by molar-refractivity contribution is 5.85. The number of hydrogen-bond donors (Lipinski definition) is 6. The number of nitrogens with one attached hydrogen (secondary N) is 2. The Balaban J connectivity index is 4.44. The van der Waals surface area contributed by atoms with E-state index < -0.39 is 49.3 Å². The van der Waals surface area contributed by atoms with Gasteiger partial charge >= 0.3 is 0 Å². The molecule has 110 valence electrons. The van der Waals surface area contributed by atoms with E-state index in [0.717, 1.165) is 0 Å². The van der Waals surface area contributed by atoms with E-state index in [1.807, 2.05) is 0 Å². The third-order valence-corrected chi connectivity index (χ3v) is 2.27. The Hall–Kier alpha value is -1.55. The van der Waals surface area contributed by atoms with Gasteiger partial charge in [0.15, 0.2) is 0 Å². The summed E-state index contributed by atoms with van der Waals surface area (Å²) in [5.74, 6) is -1.20. The van der Waals surface area contributed by atoms with Crippen LogP contribution in [0.25, 0.3) is 0 Å². The van der Waals surface area contributed by atoms with E-state index in [9.17, 15) is 24.6 Å². The minimum absolute atomic E-state index is 0.170. The maximum absolute atomic E-state index is 11.3. The van der Waals surface area contributed by atoms with Crippen molar-refractivity contribution in [3.63, 3.8) is 0 Å². The average molecular weight is 278 g/mol. The highest BCUT2D eigenvalue weighted by Gasteiger charge is 2.31. The summed E-state index contributed by atoms with van der Waals surface area (Å²) in [7, 11) is 0. The fourth-order valence-electron chi connectivity index (χ4n) is 1.19. The lowest BCUT2D eigenvalue weighted by molar-refractivity contribution is -0.131. The summed E-state index contributed by atoms with van der Waals surface area (Å²) < 4.78 is 0. The molecule has 6 N–H and O–H groups in total. The monoisotopic (exact) mass is 278 g/mol. The predicted molar refractivity (Wildman–Crippen MR) is 61.8 cm³/mol. The maximum atomic E-state index is 11.3. The minimum Gasteiger partial charge on any atom is -0.394 e. The van der Waals surface area contributed by atoms with Crippen LogP contribution >= 0.6 is 0 Å². The molecule has 0 aromatic heterocycles. The molecular weight excluding hydrogens is 260 g/mol. The minimum atomic E-state index is -1.80. The van der Waals surface area contributed by atoms with Crippen molar-refractivity contribution in [3.8, 4) is 0 Å². The van der Waals surface area contributed by atoms with Gasteiger partial charge in [0.05, 0.1) is 13.2 Å². The number of rotatable bonds is 8. The number of aldehydes is 1. The molecule has 0 unspecified atom stereocenters. The summed E-state index contributed by atoms with van der Waals surface area (Å²) in [6.45, 7) is -0.0185. The van der Waals surface area contributed by atoms with Crippen LogP contribution in [0, 0.1) is 0 Å². The van der Waals surface area contributed by atoms with Crippen LogP contribution in [0.2, 0.25) is 0 Å². The molecule has 9 nitrogen and oxygen atoms in total. The third kappa shape index (κ3) is 6.25. The van der Waals surface area contributed by atoms with Gasteiger partial charge in [-0.15, -0.1) is 0 Å². The molecule has 0 saturated heterocycles. The van der Waals surface area contributed by atoms with Crippen molar-refractivity contribution in [1.29, 1.82) is 0 Å². The summed E-state index contributed by atoms with van der Waals surface area (Å²) in [6.07, 6.45) is -5.07. The number of aliphatic hydroxyl groups is 4. The molecule has 0 rings (SSSR count). The first kappa shape index (κ1) is 17.4. The zero-order valence-corrected chi connectivity index (χ0v) is 10.3. The van der Waals surface area contributed by atoms with Crippen molar-refractivity contribution in [1.82, 2.24) is 10.6 Å². The standard InChI is InChI=1S/C10H18N2O7/c1-5(15)11-2-8(17)12-6(3-13)9(18)10(19)7(16)4-14/h3,6-7,9-10,14,16,18-19H,2,4H2,1H3,(H,11,15)(H,12,17)/t6-,7-,9-,10-/m1/s1. The van der Waals surface area contributed by atoms with Crippen molar-refractivity contribution < 1.29 is 34.8 Å². The summed E-state index contributed by atoms with van der Waals surface area (Å²) >= 11 is 0. The predicted octanol–water partition coefficient (Wildman–Crippen LogP) is -4.12. The Morgan fingerprint density at radius 2 is 1.79 bits per heavy atom. The Morgan fingerprint density at radius 3 is 2.21 bits per heavy atom. The SMILES string of the molecule is CC(=O)NCC(=O)N[C@H](C=O)[C@@H](O)[C@H](O)[C@H](O)CO. The molecule has 0 heterocycles. The van der Waals surface area contributed by atoms with E-state index >= 15 is 0 Å². The fourth-order valence-corrected chi connectivity index (χ4v) is 1.19. The van der Waals surface area contributed by atoms with Gasteiger partial charge in [-0.1, -0.05) is 0 Å². The number of aliphatic hydroxyl groups excluding tert-OH is 4. The summed E-state index contributed by atoms with van der Waals surface area (Å²) in [4.78, 5) is 32.6. The quantitative estimate of drug-likeness (QED) is 0.246. The second-order valence-electron chi connectivity index (χ2n) is 3.87. The Bertz CT molecular complexity index is 323. The molecule has 0 radical (unpaired) electrons. The summed E-state index contributed by atoms with van der Waals surface area (Å²) in [5.41, 5.74) is 0. The van der Waals surface area contributed by atoms with Gasteiger partial charge in [-0.05, 0) is 0 Å². The first-order valence-electron chi connectivity index (χ1n) is 5.47. The van der Waals surface area contributed by atoms with Gasteiger partial charge in [-0.2, -0.15) is 0 Å². The summed E-state index contributed by atoms with van der Waals surface area (Å²) in [6, 6.07) is -1.47. The third-order valence-electron chi connectivity index (χ3n) is 2.27. The number of carbonyl (C=O) groups is 3. The van der Waals surface area contributed by atoms with Gasteiger partial charge < -0.3 is 35.9 Å². The van der Waals surface area contributed by atoms with Crippen LogP contribution in [-0.4, -0.2) is 76.0 Å². The van der Waals surface area contributed by atoms with Crippen LogP contribution in [0.15, 0.2) is 0 Å². The number of hydrogen-bond acceptors (Lipinski definition) is 7. The van der Waals surface area contributed by atoms with Gasteiger partial charge in [0.2, 0.25) is 11.8 Å². The molecule has 19 heavy (non-hydrogen) atoms. The van der Waals surface area contributed by atoms with Crippen molar-refractivity contribution in [3.05, 3.63) is 0 Å². The van der Waals surface area contributed by atoms with E-state index in [-0.39, 0.29) is 6.29 Å². The first-order chi connectivity index (χ1) is 8.83. The van der Waals surface area contributed by atoms with E-state index in [4.69, 9.17) is 10.2 Å². The number of amides is 2. The van der Waals surface area contributed by atoms with E-state index in [2.05, 4.69) is 10.6 Å². The first-order valence-corrected chi connectivity index (χ1v) is 5.47. The lowest BCUT2D eigenvalue weighted by Crippen LogP contribution is -2.54. The van der Waals surface area contributed by atoms with Gasteiger partial charge in [-0.3, -0.25) is 9.59 Å². The van der Waals surface area contributed by atoms with Gasteiger partial charge in [0, 0.05) is 6.92 Å². The second kappa shape index (κ2) is 8.53. The molecule has 0 aliphatic carbocycles.